The minimum absolute atomic E-state index is 0.208. The van der Waals surface area contributed by atoms with Gasteiger partial charge in [-0.3, -0.25) is 4.79 Å². The molecule has 3 rings (SSSR count). The zero-order valence-electron chi connectivity index (χ0n) is 14.3. The molecule has 0 aliphatic heterocycles. The summed E-state index contributed by atoms with van der Waals surface area (Å²) in [5.74, 6) is 0.0584. The van der Waals surface area contributed by atoms with Crippen molar-refractivity contribution in [2.45, 2.75) is 0 Å². The molecule has 6 heteroatoms. The highest BCUT2D eigenvalue weighted by Gasteiger charge is 2.16. The number of hydrogen-bond donors (Lipinski definition) is 0. The van der Waals surface area contributed by atoms with Gasteiger partial charge in [-0.2, -0.15) is 0 Å². The number of ketones is 1. The number of halogens is 1. The number of carbonyl (C=O) groups excluding carboxylic acids is 2. The molecule has 1 heterocycles. The van der Waals surface area contributed by atoms with Crippen LogP contribution in [0.1, 0.15) is 25.6 Å². The van der Waals surface area contributed by atoms with Crippen LogP contribution in [0.15, 0.2) is 70.5 Å². The third kappa shape index (κ3) is 4.93. The normalized spacial score (nSPS) is 10.7. The van der Waals surface area contributed by atoms with Crippen LogP contribution in [0.25, 0.3) is 6.08 Å². The number of benzene rings is 2. The largest absolute Gasteiger partial charge is 0.497 e. The van der Waals surface area contributed by atoms with Gasteiger partial charge in [0.1, 0.15) is 11.5 Å². The van der Waals surface area contributed by atoms with Gasteiger partial charge in [0.25, 0.3) is 0 Å². The average Bonchev–Trinajstić information content (AvgIpc) is 3.21. The first kappa shape index (κ1) is 19.1. The second-order valence-corrected chi connectivity index (χ2v) is 7.37. The topological polar surface area (TPSA) is 52.6 Å². The van der Waals surface area contributed by atoms with E-state index in [0.717, 1.165) is 9.35 Å². The smallest absolute Gasteiger partial charge is 0.343 e. The Bertz CT molecular complexity index is 976. The van der Waals surface area contributed by atoms with E-state index in [9.17, 15) is 9.59 Å². The van der Waals surface area contributed by atoms with Crippen molar-refractivity contribution in [3.05, 3.63) is 86.5 Å². The fourth-order valence-corrected chi connectivity index (χ4v) is 3.28. The van der Waals surface area contributed by atoms with Gasteiger partial charge in [0.2, 0.25) is 0 Å². The molecule has 1 aromatic heterocycles. The van der Waals surface area contributed by atoms with Gasteiger partial charge < -0.3 is 9.47 Å². The summed E-state index contributed by atoms with van der Waals surface area (Å²) in [6, 6.07) is 15.3. The first-order valence-electron chi connectivity index (χ1n) is 7.98. The van der Waals surface area contributed by atoms with Crippen LogP contribution in [-0.2, 0) is 0 Å². The molecule has 136 valence electrons. The third-order valence-corrected chi connectivity index (χ3v) is 5.01. The van der Waals surface area contributed by atoms with Gasteiger partial charge in [-0.25, -0.2) is 4.79 Å². The number of rotatable bonds is 6. The molecule has 0 atom stereocenters. The van der Waals surface area contributed by atoms with Crippen molar-refractivity contribution < 1.29 is 19.1 Å². The van der Waals surface area contributed by atoms with Crippen LogP contribution in [0.2, 0.25) is 0 Å². The number of carbonyl (C=O) groups is 2. The number of methoxy groups -OCH3 is 1. The maximum atomic E-state index is 12.6. The van der Waals surface area contributed by atoms with E-state index >= 15 is 0 Å². The SMILES string of the molecule is COc1ccc(C(=O)Oc2ccc(Br)cc2C(=O)/C=C/c2cccs2)cc1. The maximum absolute atomic E-state index is 12.6. The van der Waals surface area contributed by atoms with Crippen LogP contribution in [0.3, 0.4) is 0 Å². The molecule has 0 saturated carbocycles. The molecule has 27 heavy (non-hydrogen) atoms. The number of allylic oxidation sites excluding steroid dienone is 1. The Kier molecular flexibility index (Phi) is 6.21. The Morgan fingerprint density at radius 3 is 2.52 bits per heavy atom. The zero-order valence-corrected chi connectivity index (χ0v) is 16.7. The van der Waals surface area contributed by atoms with E-state index in [2.05, 4.69) is 15.9 Å². The first-order valence-corrected chi connectivity index (χ1v) is 9.66. The van der Waals surface area contributed by atoms with Gasteiger partial charge >= 0.3 is 5.97 Å². The highest BCUT2D eigenvalue weighted by molar-refractivity contribution is 9.10. The van der Waals surface area contributed by atoms with Crippen molar-refractivity contribution in [2.75, 3.05) is 7.11 Å². The lowest BCUT2D eigenvalue weighted by molar-refractivity contribution is 0.0733. The zero-order chi connectivity index (χ0) is 19.2. The molecule has 2 aromatic carbocycles. The number of hydrogen-bond acceptors (Lipinski definition) is 5. The lowest BCUT2D eigenvalue weighted by atomic mass is 10.1. The van der Waals surface area contributed by atoms with E-state index in [1.807, 2.05) is 17.5 Å². The molecule has 0 amide bonds. The first-order chi connectivity index (χ1) is 13.1. The Morgan fingerprint density at radius 1 is 1.07 bits per heavy atom. The summed E-state index contributed by atoms with van der Waals surface area (Å²) < 4.78 is 11.3. The van der Waals surface area contributed by atoms with Crippen molar-refractivity contribution in [2.24, 2.45) is 0 Å². The second kappa shape index (κ2) is 8.79. The van der Waals surface area contributed by atoms with Crippen molar-refractivity contribution in [1.82, 2.24) is 0 Å². The summed E-state index contributed by atoms with van der Waals surface area (Å²) in [6.07, 6.45) is 3.21. The Morgan fingerprint density at radius 2 is 1.85 bits per heavy atom. The maximum Gasteiger partial charge on any atom is 0.343 e. The summed E-state index contributed by atoms with van der Waals surface area (Å²) in [4.78, 5) is 26.0. The predicted molar refractivity (Wildman–Crippen MR) is 110 cm³/mol. The van der Waals surface area contributed by atoms with Crippen LogP contribution in [-0.4, -0.2) is 18.9 Å². The van der Waals surface area contributed by atoms with Crippen molar-refractivity contribution >= 4 is 45.1 Å². The molecule has 0 aliphatic rings. The van der Waals surface area contributed by atoms with Gasteiger partial charge in [0.05, 0.1) is 18.2 Å². The molecule has 0 bridgehead atoms. The van der Waals surface area contributed by atoms with Gasteiger partial charge in [0.15, 0.2) is 5.78 Å². The van der Waals surface area contributed by atoms with E-state index in [-0.39, 0.29) is 11.5 Å². The molecule has 0 fully saturated rings. The Balaban J connectivity index is 1.82. The number of thiophene rings is 1. The van der Waals surface area contributed by atoms with E-state index in [4.69, 9.17) is 9.47 Å². The minimum Gasteiger partial charge on any atom is -0.497 e. The quantitative estimate of drug-likeness (QED) is 0.214. The van der Waals surface area contributed by atoms with E-state index in [1.54, 1.807) is 55.7 Å². The van der Waals surface area contributed by atoms with Crippen molar-refractivity contribution in [1.29, 1.82) is 0 Å². The summed E-state index contributed by atoms with van der Waals surface area (Å²) >= 11 is 4.89. The highest BCUT2D eigenvalue weighted by atomic mass is 79.9. The molecule has 0 aliphatic carbocycles. The van der Waals surface area contributed by atoms with Crippen molar-refractivity contribution in [3.8, 4) is 11.5 Å². The van der Waals surface area contributed by atoms with Crippen LogP contribution in [0, 0.1) is 0 Å². The minimum atomic E-state index is -0.545. The molecule has 3 aromatic rings. The van der Waals surface area contributed by atoms with Crippen LogP contribution < -0.4 is 9.47 Å². The average molecular weight is 443 g/mol. The van der Waals surface area contributed by atoms with Crippen LogP contribution >= 0.6 is 27.3 Å². The monoisotopic (exact) mass is 442 g/mol. The van der Waals surface area contributed by atoms with Crippen molar-refractivity contribution in [3.63, 3.8) is 0 Å². The van der Waals surface area contributed by atoms with Crippen LogP contribution in [0.5, 0.6) is 11.5 Å². The van der Waals surface area contributed by atoms with E-state index in [0.29, 0.717) is 16.9 Å². The molecule has 0 saturated heterocycles. The Hall–Kier alpha value is -2.70. The lowest BCUT2D eigenvalue weighted by Gasteiger charge is -2.09. The summed E-state index contributed by atoms with van der Waals surface area (Å²) in [5.41, 5.74) is 0.672. The number of esters is 1. The molecular weight excluding hydrogens is 428 g/mol. The second-order valence-electron chi connectivity index (χ2n) is 5.47. The molecule has 0 unspecified atom stereocenters. The fraction of sp³-hybridized carbons (Fsp3) is 0.0476. The van der Waals surface area contributed by atoms with Gasteiger partial charge in [-0.15, -0.1) is 11.3 Å². The summed E-state index contributed by atoms with van der Waals surface area (Å²) in [5, 5.41) is 1.94. The van der Waals surface area contributed by atoms with Gasteiger partial charge in [-0.1, -0.05) is 22.0 Å². The molecule has 4 nitrogen and oxygen atoms in total. The van der Waals surface area contributed by atoms with Gasteiger partial charge in [0, 0.05) is 9.35 Å². The van der Waals surface area contributed by atoms with Gasteiger partial charge in [-0.05, 0) is 66.1 Å². The highest BCUT2D eigenvalue weighted by Crippen LogP contribution is 2.26. The fourth-order valence-electron chi connectivity index (χ4n) is 2.30. The summed E-state index contributed by atoms with van der Waals surface area (Å²) in [7, 11) is 1.55. The van der Waals surface area contributed by atoms with E-state index < -0.39 is 5.97 Å². The third-order valence-electron chi connectivity index (χ3n) is 3.68. The predicted octanol–water partition coefficient (Wildman–Crippen LogP) is 5.63. The number of ether oxygens (including phenoxy) is 2. The van der Waals surface area contributed by atoms with Crippen LogP contribution in [0.4, 0.5) is 0 Å². The lowest BCUT2D eigenvalue weighted by Crippen LogP contribution is -2.11. The molecule has 0 N–H and O–H groups in total. The van der Waals surface area contributed by atoms with E-state index in [1.165, 1.54) is 17.4 Å². The standard InChI is InChI=1S/C21H15BrO4S/c1-25-16-7-4-14(5-8-16)21(24)26-20-11-6-15(22)13-18(20)19(23)10-9-17-3-2-12-27-17/h2-13H,1H3/b10-9+. The molecule has 0 radical (unpaired) electrons. The summed E-state index contributed by atoms with van der Waals surface area (Å²) in [6.45, 7) is 0. The Labute approximate surface area is 169 Å². The molecular formula is C21H15BrO4S. The molecule has 0 spiro atoms.